The summed E-state index contributed by atoms with van der Waals surface area (Å²) < 4.78 is 5.09. The molecule has 1 N–H and O–H groups in total. The number of hydrogen-bond acceptors (Lipinski definition) is 3. The van der Waals surface area contributed by atoms with Gasteiger partial charge < -0.3 is 15.0 Å². The molecule has 0 spiro atoms. The van der Waals surface area contributed by atoms with E-state index in [0.29, 0.717) is 13.0 Å². The van der Waals surface area contributed by atoms with Crippen LogP contribution in [0.15, 0.2) is 0 Å². The van der Waals surface area contributed by atoms with Crippen LogP contribution in [0.25, 0.3) is 0 Å². The summed E-state index contributed by atoms with van der Waals surface area (Å²) in [6.07, 6.45) is 0.337. The first-order valence-corrected chi connectivity index (χ1v) is 5.92. The zero-order chi connectivity index (χ0) is 13.2. The molecule has 5 nitrogen and oxygen atoms in total. The second-order valence-electron chi connectivity index (χ2n) is 5.24. The Morgan fingerprint density at radius 3 is 2.65 bits per heavy atom. The van der Waals surface area contributed by atoms with Crippen LogP contribution in [0.1, 0.15) is 34.1 Å². The molecule has 0 aromatic carbocycles. The van der Waals surface area contributed by atoms with Crippen molar-refractivity contribution in [3.63, 3.8) is 0 Å². The molecule has 0 radical (unpaired) electrons. The van der Waals surface area contributed by atoms with Gasteiger partial charge in [-0.1, -0.05) is 0 Å². The molecule has 0 aliphatic carbocycles. The van der Waals surface area contributed by atoms with Crippen molar-refractivity contribution in [1.29, 1.82) is 0 Å². The Kier molecular flexibility index (Phi) is 4.14. The molecule has 1 aliphatic rings. The van der Waals surface area contributed by atoms with Crippen molar-refractivity contribution in [2.45, 2.75) is 51.7 Å². The molecule has 2 amide bonds. The summed E-state index contributed by atoms with van der Waals surface area (Å²) in [6.45, 7) is 7.77. The molecule has 1 heterocycles. The number of methoxy groups -OCH3 is 1. The number of nitrogens with one attached hydrogen (secondary N) is 1. The van der Waals surface area contributed by atoms with Gasteiger partial charge in [-0.3, -0.25) is 9.59 Å². The highest BCUT2D eigenvalue weighted by Gasteiger charge is 2.41. The second kappa shape index (κ2) is 5.04. The Bertz CT molecular complexity index is 315. The van der Waals surface area contributed by atoms with E-state index in [0.717, 1.165) is 0 Å². The Balaban J connectivity index is 2.99. The minimum atomic E-state index is -0.843. The third kappa shape index (κ3) is 2.97. The van der Waals surface area contributed by atoms with E-state index >= 15 is 0 Å². The lowest BCUT2D eigenvalue weighted by molar-refractivity contribution is -0.141. The Hall–Kier alpha value is -1.10. The lowest BCUT2D eigenvalue weighted by atomic mass is 10.0. The summed E-state index contributed by atoms with van der Waals surface area (Å²) in [5.41, 5.74) is -0.843. The summed E-state index contributed by atoms with van der Waals surface area (Å²) in [5, 5.41) is 2.75. The summed E-state index contributed by atoms with van der Waals surface area (Å²) in [6, 6.07) is -0.135. The zero-order valence-corrected chi connectivity index (χ0v) is 11.2. The summed E-state index contributed by atoms with van der Waals surface area (Å²) in [4.78, 5) is 25.8. The number of ether oxygens (including phenoxy) is 1. The first-order valence-electron chi connectivity index (χ1n) is 5.92. The Morgan fingerprint density at radius 1 is 1.53 bits per heavy atom. The standard InChI is InChI=1S/C12H22N2O3/c1-8-6-10(15)13-12(3,4)11(16)14(8)9(2)7-17-5/h8-9H,6-7H2,1-5H3,(H,13,15). The lowest BCUT2D eigenvalue weighted by Gasteiger charge is -2.36. The highest BCUT2D eigenvalue weighted by molar-refractivity contribution is 5.93. The van der Waals surface area contributed by atoms with Crippen LogP contribution in [0.4, 0.5) is 0 Å². The van der Waals surface area contributed by atoms with E-state index < -0.39 is 5.54 Å². The van der Waals surface area contributed by atoms with E-state index in [1.807, 2.05) is 13.8 Å². The fraction of sp³-hybridized carbons (Fsp3) is 0.833. The molecule has 0 aromatic heterocycles. The predicted octanol–water partition coefficient (Wildman–Crippen LogP) is 0.537. The first kappa shape index (κ1) is 14.0. The Morgan fingerprint density at radius 2 is 2.12 bits per heavy atom. The highest BCUT2D eigenvalue weighted by Crippen LogP contribution is 2.20. The molecule has 0 bridgehead atoms. The van der Waals surface area contributed by atoms with Gasteiger partial charge in [0, 0.05) is 19.6 Å². The molecule has 1 aliphatic heterocycles. The van der Waals surface area contributed by atoms with E-state index in [2.05, 4.69) is 5.32 Å². The van der Waals surface area contributed by atoms with Crippen LogP contribution >= 0.6 is 0 Å². The van der Waals surface area contributed by atoms with Crippen LogP contribution in [-0.4, -0.2) is 48.1 Å². The van der Waals surface area contributed by atoms with Gasteiger partial charge in [-0.25, -0.2) is 0 Å². The quantitative estimate of drug-likeness (QED) is 0.785. The van der Waals surface area contributed by atoms with Gasteiger partial charge in [0.15, 0.2) is 0 Å². The van der Waals surface area contributed by atoms with E-state index in [1.165, 1.54) is 0 Å². The molecule has 1 saturated heterocycles. The van der Waals surface area contributed by atoms with Crippen molar-refractivity contribution in [1.82, 2.24) is 10.2 Å². The molecule has 1 rings (SSSR count). The van der Waals surface area contributed by atoms with Crippen molar-refractivity contribution in [2.75, 3.05) is 13.7 Å². The second-order valence-corrected chi connectivity index (χ2v) is 5.24. The van der Waals surface area contributed by atoms with Gasteiger partial charge in [0.1, 0.15) is 5.54 Å². The van der Waals surface area contributed by atoms with Crippen LogP contribution < -0.4 is 5.32 Å². The molecule has 5 heteroatoms. The highest BCUT2D eigenvalue weighted by atomic mass is 16.5. The third-order valence-electron chi connectivity index (χ3n) is 3.06. The molecule has 98 valence electrons. The average molecular weight is 242 g/mol. The summed E-state index contributed by atoms with van der Waals surface area (Å²) in [7, 11) is 1.61. The van der Waals surface area contributed by atoms with Crippen molar-refractivity contribution in [3.8, 4) is 0 Å². The number of carbonyl (C=O) groups excluding carboxylic acids is 2. The zero-order valence-electron chi connectivity index (χ0n) is 11.2. The van der Waals surface area contributed by atoms with Crippen LogP contribution in [0.3, 0.4) is 0 Å². The molecule has 0 aromatic rings. The fourth-order valence-electron chi connectivity index (χ4n) is 2.30. The molecular weight excluding hydrogens is 220 g/mol. The maximum absolute atomic E-state index is 12.4. The van der Waals surface area contributed by atoms with Crippen LogP contribution in [0.2, 0.25) is 0 Å². The van der Waals surface area contributed by atoms with Gasteiger partial charge in [-0.15, -0.1) is 0 Å². The van der Waals surface area contributed by atoms with E-state index in [1.54, 1.807) is 25.9 Å². The minimum Gasteiger partial charge on any atom is -0.383 e. The summed E-state index contributed by atoms with van der Waals surface area (Å²) in [5.74, 6) is -0.136. The monoisotopic (exact) mass is 242 g/mol. The van der Waals surface area contributed by atoms with E-state index in [-0.39, 0.29) is 23.9 Å². The SMILES string of the molecule is COCC(C)N1C(=O)C(C)(C)NC(=O)CC1C. The molecule has 2 unspecified atom stereocenters. The van der Waals surface area contributed by atoms with E-state index in [9.17, 15) is 9.59 Å². The van der Waals surface area contributed by atoms with Crippen molar-refractivity contribution in [2.24, 2.45) is 0 Å². The molecule has 0 saturated carbocycles. The number of rotatable bonds is 3. The molecular formula is C12H22N2O3. The average Bonchev–Trinajstić information content (AvgIpc) is 2.22. The van der Waals surface area contributed by atoms with Crippen molar-refractivity contribution in [3.05, 3.63) is 0 Å². The lowest BCUT2D eigenvalue weighted by Crippen LogP contribution is -2.56. The van der Waals surface area contributed by atoms with Crippen molar-refractivity contribution < 1.29 is 14.3 Å². The van der Waals surface area contributed by atoms with Crippen LogP contribution in [0.5, 0.6) is 0 Å². The molecule has 2 atom stereocenters. The first-order chi connectivity index (χ1) is 7.79. The third-order valence-corrected chi connectivity index (χ3v) is 3.06. The van der Waals surface area contributed by atoms with E-state index in [4.69, 9.17) is 4.74 Å². The number of amides is 2. The Labute approximate surface area is 102 Å². The topological polar surface area (TPSA) is 58.6 Å². The van der Waals surface area contributed by atoms with Gasteiger partial charge in [0.25, 0.3) is 0 Å². The number of carbonyl (C=O) groups is 2. The number of nitrogens with zero attached hydrogens (tertiary/aromatic N) is 1. The molecule has 1 fully saturated rings. The smallest absolute Gasteiger partial charge is 0.248 e. The predicted molar refractivity (Wildman–Crippen MR) is 64.5 cm³/mol. The fourth-order valence-corrected chi connectivity index (χ4v) is 2.30. The van der Waals surface area contributed by atoms with Crippen LogP contribution in [-0.2, 0) is 14.3 Å². The van der Waals surface area contributed by atoms with Gasteiger partial charge >= 0.3 is 0 Å². The van der Waals surface area contributed by atoms with Gasteiger partial charge in [-0.2, -0.15) is 0 Å². The maximum Gasteiger partial charge on any atom is 0.248 e. The van der Waals surface area contributed by atoms with Gasteiger partial charge in [-0.05, 0) is 27.7 Å². The minimum absolute atomic E-state index is 0.0329. The number of hydrogen-bond donors (Lipinski definition) is 1. The van der Waals surface area contributed by atoms with Crippen LogP contribution in [0, 0.1) is 0 Å². The summed E-state index contributed by atoms with van der Waals surface area (Å²) >= 11 is 0. The van der Waals surface area contributed by atoms with Gasteiger partial charge in [0.2, 0.25) is 11.8 Å². The van der Waals surface area contributed by atoms with Gasteiger partial charge in [0.05, 0.1) is 12.6 Å². The van der Waals surface area contributed by atoms with Crippen molar-refractivity contribution >= 4 is 11.8 Å². The maximum atomic E-state index is 12.4. The largest absolute Gasteiger partial charge is 0.383 e. The normalized spacial score (nSPS) is 26.4. The molecule has 17 heavy (non-hydrogen) atoms.